The summed E-state index contributed by atoms with van der Waals surface area (Å²) in [6, 6.07) is 6.30. The molecular formula is C17H10Br2ClF3N6O2. The number of nitrogen functional groups attached to an aromatic ring is 1. The molecule has 0 saturated heterocycles. The minimum atomic E-state index is -4.83. The van der Waals surface area contributed by atoms with Gasteiger partial charge in [-0.1, -0.05) is 27.5 Å². The molecule has 2 aromatic heterocycles. The third-order valence-electron chi connectivity index (χ3n) is 3.84. The number of nitrogens with zero attached hydrogens (tertiary/aromatic N) is 3. The number of aromatic nitrogens is 3. The van der Waals surface area contributed by atoms with Crippen LogP contribution in [0.1, 0.15) is 26.5 Å². The molecule has 0 saturated carbocycles. The van der Waals surface area contributed by atoms with Gasteiger partial charge in [0.1, 0.15) is 5.69 Å². The van der Waals surface area contributed by atoms with Crippen molar-refractivity contribution in [1.82, 2.24) is 20.2 Å². The number of nitrogens with two attached hydrogens (primary N) is 1. The zero-order valence-corrected chi connectivity index (χ0v) is 18.9. The molecule has 2 heterocycles. The number of alkyl halides is 3. The van der Waals surface area contributed by atoms with E-state index in [0.29, 0.717) is 15.2 Å². The summed E-state index contributed by atoms with van der Waals surface area (Å²) < 4.78 is 41.2. The fourth-order valence-electron chi connectivity index (χ4n) is 2.51. The molecule has 0 bridgehead atoms. The third kappa shape index (κ3) is 4.89. The Hall–Kier alpha value is -2.48. The molecule has 0 radical (unpaired) electrons. The summed E-state index contributed by atoms with van der Waals surface area (Å²) in [5.41, 5.74) is 0.0254. The minimum absolute atomic E-state index is 0.0235. The Labute approximate surface area is 194 Å². The average Bonchev–Trinajstić information content (AvgIpc) is 3.15. The van der Waals surface area contributed by atoms with Crippen LogP contribution in [0.2, 0.25) is 5.02 Å². The van der Waals surface area contributed by atoms with Crippen molar-refractivity contribution in [3.63, 3.8) is 0 Å². The smallest absolute Gasteiger partial charge is 0.319 e. The molecule has 0 spiro atoms. The second-order valence-electron chi connectivity index (χ2n) is 5.87. The lowest BCUT2D eigenvalue weighted by Crippen LogP contribution is -2.31. The maximum atomic E-state index is 13.3. The normalized spacial score (nSPS) is 11.3. The Morgan fingerprint density at radius 3 is 2.48 bits per heavy atom. The van der Waals surface area contributed by atoms with Crippen LogP contribution in [0.15, 0.2) is 45.5 Å². The SMILES string of the molecule is NNC(=O)c1cc(Br)cc(Br)c1NC(=O)c1cc(C(F)(F)F)nn1-c1ncccc1Cl. The first-order chi connectivity index (χ1) is 14.5. The summed E-state index contributed by atoms with van der Waals surface area (Å²) in [5, 5.41) is 5.83. The van der Waals surface area contributed by atoms with Crippen molar-refractivity contribution in [2.75, 3.05) is 5.32 Å². The fraction of sp³-hybridized carbons (Fsp3) is 0.0588. The lowest BCUT2D eigenvalue weighted by Gasteiger charge is -2.14. The molecule has 0 aliphatic heterocycles. The number of pyridine rings is 1. The Balaban J connectivity index is 2.12. The van der Waals surface area contributed by atoms with E-state index in [1.807, 2.05) is 5.43 Å². The van der Waals surface area contributed by atoms with Crippen LogP contribution >= 0.6 is 43.5 Å². The monoisotopic (exact) mass is 580 g/mol. The minimum Gasteiger partial charge on any atom is -0.319 e. The average molecular weight is 583 g/mol. The summed E-state index contributed by atoms with van der Waals surface area (Å²) in [7, 11) is 0. The summed E-state index contributed by atoms with van der Waals surface area (Å²) in [4.78, 5) is 29.0. The quantitative estimate of drug-likeness (QED) is 0.241. The maximum Gasteiger partial charge on any atom is 0.435 e. The van der Waals surface area contributed by atoms with E-state index < -0.39 is 29.4 Å². The predicted octanol–water partition coefficient (Wildman–Crippen LogP) is 4.32. The number of rotatable bonds is 4. The van der Waals surface area contributed by atoms with Crippen LogP contribution < -0.4 is 16.6 Å². The van der Waals surface area contributed by atoms with E-state index >= 15 is 0 Å². The van der Waals surface area contributed by atoms with Gasteiger partial charge in [0.25, 0.3) is 11.8 Å². The molecular weight excluding hydrogens is 572 g/mol. The van der Waals surface area contributed by atoms with Gasteiger partial charge in [0.15, 0.2) is 11.5 Å². The van der Waals surface area contributed by atoms with Crippen LogP contribution in [0.5, 0.6) is 0 Å². The predicted molar refractivity (Wildman–Crippen MR) is 113 cm³/mol. The van der Waals surface area contributed by atoms with Gasteiger partial charge in [-0.2, -0.15) is 18.3 Å². The first kappa shape index (κ1) is 23.2. The number of halogens is 6. The van der Waals surface area contributed by atoms with Crippen molar-refractivity contribution < 1.29 is 22.8 Å². The van der Waals surface area contributed by atoms with Crippen LogP contribution in [0.4, 0.5) is 18.9 Å². The lowest BCUT2D eigenvalue weighted by atomic mass is 10.1. The number of carbonyl (C=O) groups is 2. The van der Waals surface area contributed by atoms with Gasteiger partial charge in [0.2, 0.25) is 0 Å². The second-order valence-corrected chi connectivity index (χ2v) is 8.05. The Morgan fingerprint density at radius 2 is 1.87 bits per heavy atom. The highest BCUT2D eigenvalue weighted by molar-refractivity contribution is 9.11. The van der Waals surface area contributed by atoms with E-state index in [4.69, 9.17) is 17.4 Å². The van der Waals surface area contributed by atoms with Gasteiger partial charge in [-0.15, -0.1) is 0 Å². The van der Waals surface area contributed by atoms with Gasteiger partial charge in [-0.25, -0.2) is 15.5 Å². The molecule has 31 heavy (non-hydrogen) atoms. The zero-order chi connectivity index (χ0) is 22.9. The highest BCUT2D eigenvalue weighted by atomic mass is 79.9. The standard InChI is InChI=1S/C17H10Br2ClF3N6O2/c18-7-4-8(15(30)27-24)13(9(19)5-7)26-16(31)11-6-12(17(21,22)23)28-29(11)14-10(20)2-1-3-25-14/h1-6H,24H2,(H,26,31)(H,27,30). The lowest BCUT2D eigenvalue weighted by molar-refractivity contribution is -0.141. The van der Waals surface area contributed by atoms with Crippen molar-refractivity contribution in [3.05, 3.63) is 67.4 Å². The molecule has 4 N–H and O–H groups in total. The van der Waals surface area contributed by atoms with E-state index in [9.17, 15) is 22.8 Å². The first-order valence-corrected chi connectivity index (χ1v) is 10.1. The molecule has 0 aliphatic carbocycles. The summed E-state index contributed by atoms with van der Waals surface area (Å²) in [6.45, 7) is 0. The summed E-state index contributed by atoms with van der Waals surface area (Å²) in [6.07, 6.45) is -3.54. The maximum absolute atomic E-state index is 13.3. The van der Waals surface area contributed by atoms with Crippen molar-refractivity contribution in [1.29, 1.82) is 0 Å². The number of amides is 2. The highest BCUT2D eigenvalue weighted by Crippen LogP contribution is 2.33. The molecule has 1 aromatic carbocycles. The number of hydrogen-bond acceptors (Lipinski definition) is 5. The number of nitrogens with one attached hydrogen (secondary N) is 2. The van der Waals surface area contributed by atoms with Crippen LogP contribution in [-0.2, 0) is 6.18 Å². The molecule has 3 aromatic rings. The molecule has 0 aliphatic rings. The molecule has 8 nitrogen and oxygen atoms in total. The van der Waals surface area contributed by atoms with E-state index in [-0.39, 0.29) is 26.6 Å². The van der Waals surface area contributed by atoms with E-state index in [0.717, 1.165) is 0 Å². The number of carbonyl (C=O) groups excluding carboxylic acids is 2. The Bertz CT molecular complexity index is 1190. The molecule has 0 fully saturated rings. The van der Waals surface area contributed by atoms with Crippen LogP contribution in [0.3, 0.4) is 0 Å². The molecule has 0 atom stereocenters. The highest BCUT2D eigenvalue weighted by Gasteiger charge is 2.36. The van der Waals surface area contributed by atoms with E-state index in [1.54, 1.807) is 0 Å². The van der Waals surface area contributed by atoms with Crippen molar-refractivity contribution >= 4 is 61.0 Å². The molecule has 2 amide bonds. The van der Waals surface area contributed by atoms with E-state index in [1.165, 1.54) is 30.5 Å². The van der Waals surface area contributed by atoms with Gasteiger partial charge in [0.05, 0.1) is 16.3 Å². The number of hydrogen-bond donors (Lipinski definition) is 3. The molecule has 0 unspecified atom stereocenters. The number of hydrazine groups is 1. The van der Waals surface area contributed by atoms with Crippen LogP contribution in [-0.4, -0.2) is 26.6 Å². The zero-order valence-electron chi connectivity index (χ0n) is 15.0. The second kappa shape index (κ2) is 8.94. The topological polar surface area (TPSA) is 115 Å². The van der Waals surface area contributed by atoms with Gasteiger partial charge in [0, 0.05) is 21.2 Å². The number of anilines is 1. The fourth-order valence-corrected chi connectivity index (χ4v) is 4.04. The van der Waals surface area contributed by atoms with Gasteiger partial charge < -0.3 is 5.32 Å². The molecule has 14 heteroatoms. The first-order valence-electron chi connectivity index (χ1n) is 8.12. The summed E-state index contributed by atoms with van der Waals surface area (Å²) >= 11 is 12.4. The van der Waals surface area contributed by atoms with Crippen molar-refractivity contribution in [2.24, 2.45) is 5.84 Å². The van der Waals surface area contributed by atoms with E-state index in [2.05, 4.69) is 47.3 Å². The largest absolute Gasteiger partial charge is 0.435 e. The number of benzene rings is 1. The molecule has 3 rings (SSSR count). The van der Waals surface area contributed by atoms with Gasteiger partial charge >= 0.3 is 6.18 Å². The molecule has 162 valence electrons. The third-order valence-corrected chi connectivity index (χ3v) is 5.22. The van der Waals surface area contributed by atoms with Gasteiger partial charge in [-0.05, 0) is 40.2 Å². The van der Waals surface area contributed by atoms with Crippen LogP contribution in [0.25, 0.3) is 5.82 Å². The Morgan fingerprint density at radius 1 is 1.16 bits per heavy atom. The van der Waals surface area contributed by atoms with Crippen molar-refractivity contribution in [3.8, 4) is 5.82 Å². The van der Waals surface area contributed by atoms with Gasteiger partial charge in [-0.3, -0.25) is 15.0 Å². The summed E-state index contributed by atoms with van der Waals surface area (Å²) in [5.74, 6) is 3.25. The Kier molecular flexibility index (Phi) is 6.69. The van der Waals surface area contributed by atoms with Crippen LogP contribution in [0, 0.1) is 0 Å². The van der Waals surface area contributed by atoms with Crippen molar-refractivity contribution in [2.45, 2.75) is 6.18 Å².